The van der Waals surface area contributed by atoms with Crippen molar-refractivity contribution in [2.45, 2.75) is 63.8 Å². The van der Waals surface area contributed by atoms with E-state index in [4.69, 9.17) is 0 Å². The molecule has 0 saturated heterocycles. The highest BCUT2D eigenvalue weighted by atomic mass is 16.4. The van der Waals surface area contributed by atoms with Gasteiger partial charge in [0.1, 0.15) is 0 Å². The molecule has 2 fully saturated rings. The third-order valence-corrected chi connectivity index (χ3v) is 4.69. The van der Waals surface area contributed by atoms with Gasteiger partial charge in [-0.1, -0.05) is 32.1 Å². The summed E-state index contributed by atoms with van der Waals surface area (Å²) in [7, 11) is 0. The van der Waals surface area contributed by atoms with Gasteiger partial charge in [0, 0.05) is 12.6 Å². The summed E-state index contributed by atoms with van der Waals surface area (Å²) in [4.78, 5) is 23.1. The lowest BCUT2D eigenvalue weighted by Gasteiger charge is -2.29. The number of carbonyl (C=O) groups is 2. The smallest absolute Gasteiger partial charge is 0.315 e. The summed E-state index contributed by atoms with van der Waals surface area (Å²) in [6.45, 7) is 0.482. The molecule has 0 aromatic heterocycles. The molecule has 2 amide bonds. The van der Waals surface area contributed by atoms with E-state index in [1.54, 1.807) is 0 Å². The first-order valence-corrected chi connectivity index (χ1v) is 7.94. The maximum absolute atomic E-state index is 11.9. The van der Waals surface area contributed by atoms with Crippen molar-refractivity contribution in [2.24, 2.45) is 11.8 Å². The zero-order chi connectivity index (χ0) is 14.4. The molecule has 0 aromatic carbocycles. The number of carboxylic acids is 1. The van der Waals surface area contributed by atoms with E-state index < -0.39 is 5.97 Å². The summed E-state index contributed by atoms with van der Waals surface area (Å²) in [6.07, 6.45) is 9.48. The number of hydrogen-bond acceptors (Lipinski definition) is 2. The summed E-state index contributed by atoms with van der Waals surface area (Å²) >= 11 is 0. The molecule has 2 atom stereocenters. The number of amides is 2. The average Bonchev–Trinajstić information content (AvgIpc) is 2.46. The van der Waals surface area contributed by atoms with Crippen LogP contribution < -0.4 is 10.6 Å². The maximum atomic E-state index is 11.9. The monoisotopic (exact) mass is 282 g/mol. The molecule has 5 heteroatoms. The van der Waals surface area contributed by atoms with Crippen LogP contribution in [0.15, 0.2) is 0 Å². The number of rotatable bonds is 4. The van der Waals surface area contributed by atoms with Gasteiger partial charge in [-0.3, -0.25) is 4.79 Å². The summed E-state index contributed by atoms with van der Waals surface area (Å²) < 4.78 is 0. The highest BCUT2D eigenvalue weighted by molar-refractivity contribution is 5.74. The Balaban J connectivity index is 1.72. The van der Waals surface area contributed by atoms with Gasteiger partial charge >= 0.3 is 12.0 Å². The number of carboxylic acid groups (broad SMARTS) is 1. The highest BCUT2D eigenvalue weighted by Crippen LogP contribution is 2.29. The van der Waals surface area contributed by atoms with Gasteiger partial charge in [0.2, 0.25) is 0 Å². The van der Waals surface area contributed by atoms with Crippen LogP contribution in [0.3, 0.4) is 0 Å². The topological polar surface area (TPSA) is 78.4 Å². The average molecular weight is 282 g/mol. The van der Waals surface area contributed by atoms with Crippen molar-refractivity contribution < 1.29 is 14.7 Å². The molecule has 5 nitrogen and oxygen atoms in total. The Labute approximate surface area is 120 Å². The normalized spacial score (nSPS) is 27.8. The van der Waals surface area contributed by atoms with Crippen molar-refractivity contribution in [1.82, 2.24) is 10.6 Å². The van der Waals surface area contributed by atoms with E-state index in [1.807, 2.05) is 0 Å². The van der Waals surface area contributed by atoms with Gasteiger partial charge in [-0.2, -0.15) is 0 Å². The number of urea groups is 1. The minimum Gasteiger partial charge on any atom is -0.481 e. The Bertz CT molecular complexity index is 340. The second kappa shape index (κ2) is 7.50. The molecule has 2 aliphatic rings. The number of aliphatic carboxylic acids is 1. The van der Waals surface area contributed by atoms with Gasteiger partial charge in [-0.05, 0) is 31.6 Å². The molecule has 3 N–H and O–H groups in total. The first-order chi connectivity index (χ1) is 9.66. The molecule has 2 aliphatic carbocycles. The Kier molecular flexibility index (Phi) is 5.68. The summed E-state index contributed by atoms with van der Waals surface area (Å²) in [5.74, 6) is -0.929. The molecule has 0 aliphatic heterocycles. The van der Waals surface area contributed by atoms with Crippen LogP contribution in [-0.4, -0.2) is 29.7 Å². The van der Waals surface area contributed by atoms with Crippen LogP contribution in [0, 0.1) is 11.8 Å². The van der Waals surface area contributed by atoms with Crippen LogP contribution in [0.1, 0.15) is 57.8 Å². The number of carbonyl (C=O) groups excluding carboxylic acids is 1. The Morgan fingerprint density at radius 3 is 2.30 bits per heavy atom. The van der Waals surface area contributed by atoms with Crippen molar-refractivity contribution in [3.8, 4) is 0 Å². The molecule has 2 saturated carbocycles. The van der Waals surface area contributed by atoms with Crippen molar-refractivity contribution >= 4 is 12.0 Å². The van der Waals surface area contributed by atoms with Crippen LogP contribution in [-0.2, 0) is 4.79 Å². The lowest BCUT2D eigenvalue weighted by molar-refractivity contribution is -0.144. The van der Waals surface area contributed by atoms with E-state index in [0.29, 0.717) is 12.6 Å². The number of nitrogens with one attached hydrogen (secondary N) is 2. The fourth-order valence-corrected chi connectivity index (χ4v) is 3.48. The Morgan fingerprint density at radius 1 is 0.950 bits per heavy atom. The quantitative estimate of drug-likeness (QED) is 0.741. The van der Waals surface area contributed by atoms with Gasteiger partial charge in [-0.15, -0.1) is 0 Å². The highest BCUT2D eigenvalue weighted by Gasteiger charge is 2.30. The Hall–Kier alpha value is -1.26. The van der Waals surface area contributed by atoms with E-state index in [1.165, 1.54) is 19.3 Å². The van der Waals surface area contributed by atoms with E-state index in [0.717, 1.165) is 38.5 Å². The molecule has 0 radical (unpaired) electrons. The van der Waals surface area contributed by atoms with Crippen LogP contribution >= 0.6 is 0 Å². The zero-order valence-corrected chi connectivity index (χ0v) is 12.1. The summed E-state index contributed by atoms with van der Waals surface area (Å²) in [5.41, 5.74) is 0. The maximum Gasteiger partial charge on any atom is 0.315 e. The predicted molar refractivity (Wildman–Crippen MR) is 76.5 cm³/mol. The van der Waals surface area contributed by atoms with Gasteiger partial charge < -0.3 is 15.7 Å². The van der Waals surface area contributed by atoms with Gasteiger partial charge in [0.25, 0.3) is 0 Å². The van der Waals surface area contributed by atoms with E-state index in [9.17, 15) is 14.7 Å². The second-order valence-corrected chi connectivity index (χ2v) is 6.18. The zero-order valence-electron chi connectivity index (χ0n) is 12.1. The molecular weight excluding hydrogens is 256 g/mol. The second-order valence-electron chi connectivity index (χ2n) is 6.18. The standard InChI is InChI=1S/C15H26N2O3/c18-14(19)13-9-5-4-6-11(13)10-16-15(20)17-12-7-2-1-3-8-12/h11-13H,1-10H2,(H,18,19)(H2,16,17,20). The molecule has 2 unspecified atom stereocenters. The molecule has 114 valence electrons. The Morgan fingerprint density at radius 2 is 1.60 bits per heavy atom. The number of hydrogen-bond donors (Lipinski definition) is 3. The van der Waals surface area contributed by atoms with Crippen molar-refractivity contribution in [3.05, 3.63) is 0 Å². The van der Waals surface area contributed by atoms with Crippen LogP contribution in [0.4, 0.5) is 4.79 Å². The van der Waals surface area contributed by atoms with Crippen LogP contribution in [0.25, 0.3) is 0 Å². The van der Waals surface area contributed by atoms with E-state index >= 15 is 0 Å². The molecule has 0 heterocycles. The molecule has 2 rings (SSSR count). The fourth-order valence-electron chi connectivity index (χ4n) is 3.48. The minimum absolute atomic E-state index is 0.0818. The first kappa shape index (κ1) is 15.1. The van der Waals surface area contributed by atoms with Crippen LogP contribution in [0.5, 0.6) is 0 Å². The molecule has 0 bridgehead atoms. The largest absolute Gasteiger partial charge is 0.481 e. The molecule has 20 heavy (non-hydrogen) atoms. The molecule has 0 aromatic rings. The van der Waals surface area contributed by atoms with Crippen molar-refractivity contribution in [3.63, 3.8) is 0 Å². The molecule has 0 spiro atoms. The summed E-state index contributed by atoms with van der Waals surface area (Å²) in [5, 5.41) is 15.1. The molecular formula is C15H26N2O3. The van der Waals surface area contributed by atoms with Gasteiger partial charge in [-0.25, -0.2) is 4.79 Å². The predicted octanol–water partition coefficient (Wildman–Crippen LogP) is 2.51. The van der Waals surface area contributed by atoms with Crippen molar-refractivity contribution in [2.75, 3.05) is 6.54 Å². The third kappa shape index (κ3) is 4.39. The van der Waals surface area contributed by atoms with E-state index in [-0.39, 0.29) is 17.9 Å². The van der Waals surface area contributed by atoms with Gasteiger partial charge in [0.15, 0.2) is 0 Å². The lowest BCUT2D eigenvalue weighted by Crippen LogP contribution is -2.45. The first-order valence-electron chi connectivity index (χ1n) is 7.94. The SMILES string of the molecule is O=C(NCC1CCCCC1C(=O)O)NC1CCCCC1. The van der Waals surface area contributed by atoms with E-state index in [2.05, 4.69) is 10.6 Å². The van der Waals surface area contributed by atoms with Gasteiger partial charge in [0.05, 0.1) is 5.92 Å². The minimum atomic E-state index is -0.718. The van der Waals surface area contributed by atoms with Crippen LogP contribution in [0.2, 0.25) is 0 Å². The third-order valence-electron chi connectivity index (χ3n) is 4.69. The van der Waals surface area contributed by atoms with Crippen molar-refractivity contribution in [1.29, 1.82) is 0 Å². The lowest BCUT2D eigenvalue weighted by atomic mass is 9.79. The fraction of sp³-hybridized carbons (Fsp3) is 0.867. The summed E-state index contributed by atoms with van der Waals surface area (Å²) in [6, 6.07) is 0.164.